The van der Waals surface area contributed by atoms with Crippen LogP contribution in [-0.2, 0) is 0 Å². The Hall–Kier alpha value is -1.63. The van der Waals surface area contributed by atoms with Gasteiger partial charge in [-0.05, 0) is 62.6 Å². The molecule has 1 aliphatic rings. The zero-order chi connectivity index (χ0) is 14.5. The van der Waals surface area contributed by atoms with Crippen molar-refractivity contribution in [2.24, 2.45) is 16.8 Å². The van der Waals surface area contributed by atoms with Crippen LogP contribution in [0.3, 0.4) is 0 Å². The summed E-state index contributed by atoms with van der Waals surface area (Å²) in [6.07, 6.45) is 11.2. The summed E-state index contributed by atoms with van der Waals surface area (Å²) in [5, 5.41) is 0. The number of aryl methyl sites for hydroxylation is 1. The SMILES string of the molecule is CC(=Nc1cccc(C)c1C)C(C)CC1C=CC=CC1. The fraction of sp³-hybridized carbons (Fsp3) is 0.421. The Balaban J connectivity index is 2.07. The molecule has 2 atom stereocenters. The molecule has 0 aromatic heterocycles. The van der Waals surface area contributed by atoms with Crippen LogP contribution in [0.5, 0.6) is 0 Å². The van der Waals surface area contributed by atoms with Gasteiger partial charge in [-0.25, -0.2) is 0 Å². The van der Waals surface area contributed by atoms with Crippen molar-refractivity contribution in [2.75, 3.05) is 0 Å². The minimum Gasteiger partial charge on any atom is -0.258 e. The first-order valence-electron chi connectivity index (χ1n) is 7.52. The Labute approximate surface area is 123 Å². The largest absolute Gasteiger partial charge is 0.258 e. The molecule has 1 heteroatoms. The van der Waals surface area contributed by atoms with Crippen molar-refractivity contribution in [1.82, 2.24) is 0 Å². The van der Waals surface area contributed by atoms with E-state index in [-0.39, 0.29) is 0 Å². The molecule has 1 aromatic rings. The Morgan fingerprint density at radius 2 is 2.10 bits per heavy atom. The number of aliphatic imine (C=N–C) groups is 1. The quantitative estimate of drug-likeness (QED) is 0.634. The minimum atomic E-state index is 0.524. The molecule has 0 amide bonds. The molecular formula is C19H25N. The van der Waals surface area contributed by atoms with Crippen LogP contribution in [0, 0.1) is 25.7 Å². The second-order valence-electron chi connectivity index (χ2n) is 5.92. The Kier molecular flexibility index (Phi) is 4.94. The first kappa shape index (κ1) is 14.8. The van der Waals surface area contributed by atoms with Gasteiger partial charge in [0.15, 0.2) is 0 Å². The molecule has 0 saturated carbocycles. The first-order chi connectivity index (χ1) is 9.58. The highest BCUT2D eigenvalue weighted by Crippen LogP contribution is 2.25. The van der Waals surface area contributed by atoms with Gasteiger partial charge in [-0.3, -0.25) is 4.99 Å². The molecular weight excluding hydrogens is 242 g/mol. The average Bonchev–Trinajstić information content (AvgIpc) is 2.45. The fourth-order valence-electron chi connectivity index (χ4n) is 2.59. The van der Waals surface area contributed by atoms with Crippen molar-refractivity contribution in [2.45, 2.75) is 40.5 Å². The summed E-state index contributed by atoms with van der Waals surface area (Å²) in [4.78, 5) is 4.86. The lowest BCUT2D eigenvalue weighted by molar-refractivity contribution is 0.528. The van der Waals surface area contributed by atoms with Crippen molar-refractivity contribution >= 4 is 11.4 Å². The molecule has 1 aromatic carbocycles. The molecule has 0 aliphatic heterocycles. The zero-order valence-electron chi connectivity index (χ0n) is 13.1. The van der Waals surface area contributed by atoms with Gasteiger partial charge in [-0.1, -0.05) is 43.4 Å². The molecule has 0 heterocycles. The topological polar surface area (TPSA) is 12.4 Å². The Morgan fingerprint density at radius 1 is 1.30 bits per heavy atom. The number of hydrogen-bond acceptors (Lipinski definition) is 1. The van der Waals surface area contributed by atoms with E-state index in [1.807, 2.05) is 0 Å². The highest BCUT2D eigenvalue weighted by molar-refractivity contribution is 5.87. The van der Waals surface area contributed by atoms with Crippen molar-refractivity contribution in [3.05, 3.63) is 53.6 Å². The van der Waals surface area contributed by atoms with Crippen LogP contribution >= 0.6 is 0 Å². The van der Waals surface area contributed by atoms with E-state index in [1.54, 1.807) is 0 Å². The molecule has 0 saturated heterocycles. The van der Waals surface area contributed by atoms with E-state index in [0.29, 0.717) is 11.8 Å². The number of hydrogen-bond donors (Lipinski definition) is 0. The maximum atomic E-state index is 4.86. The van der Waals surface area contributed by atoms with Crippen molar-refractivity contribution in [3.63, 3.8) is 0 Å². The lowest BCUT2D eigenvalue weighted by Gasteiger charge is -2.18. The second-order valence-corrected chi connectivity index (χ2v) is 5.92. The van der Waals surface area contributed by atoms with E-state index >= 15 is 0 Å². The van der Waals surface area contributed by atoms with Gasteiger partial charge in [-0.15, -0.1) is 0 Å². The third-order valence-electron chi connectivity index (χ3n) is 4.31. The normalized spacial score (nSPS) is 20.2. The van der Waals surface area contributed by atoms with Crippen LogP contribution in [0.15, 0.2) is 47.5 Å². The summed E-state index contributed by atoms with van der Waals surface area (Å²) < 4.78 is 0. The van der Waals surface area contributed by atoms with E-state index < -0.39 is 0 Å². The molecule has 1 aliphatic carbocycles. The lowest BCUT2D eigenvalue weighted by Crippen LogP contribution is -2.12. The highest BCUT2D eigenvalue weighted by Gasteiger charge is 2.13. The van der Waals surface area contributed by atoms with Crippen molar-refractivity contribution in [3.8, 4) is 0 Å². The van der Waals surface area contributed by atoms with E-state index in [9.17, 15) is 0 Å². The molecule has 0 bridgehead atoms. The molecule has 1 nitrogen and oxygen atoms in total. The number of nitrogens with zero attached hydrogens (tertiary/aromatic N) is 1. The van der Waals surface area contributed by atoms with Crippen molar-refractivity contribution < 1.29 is 0 Å². The zero-order valence-corrected chi connectivity index (χ0v) is 13.1. The monoisotopic (exact) mass is 267 g/mol. The third kappa shape index (κ3) is 3.69. The number of benzene rings is 1. The van der Waals surface area contributed by atoms with Crippen LogP contribution in [0.4, 0.5) is 5.69 Å². The van der Waals surface area contributed by atoms with Crippen LogP contribution in [-0.4, -0.2) is 5.71 Å². The summed E-state index contributed by atoms with van der Waals surface area (Å²) in [7, 11) is 0. The standard InChI is InChI=1S/C19H25N/c1-14-9-8-12-19(16(14)3)20-17(4)15(2)13-18-10-6-5-7-11-18/h5-10,12,15,18H,11,13H2,1-4H3. The molecule has 2 unspecified atom stereocenters. The van der Waals surface area contributed by atoms with Crippen LogP contribution in [0.1, 0.15) is 37.8 Å². The molecule has 0 radical (unpaired) electrons. The van der Waals surface area contributed by atoms with Gasteiger partial charge < -0.3 is 0 Å². The van der Waals surface area contributed by atoms with Gasteiger partial charge in [0.2, 0.25) is 0 Å². The van der Waals surface area contributed by atoms with Gasteiger partial charge in [-0.2, -0.15) is 0 Å². The summed E-state index contributed by atoms with van der Waals surface area (Å²) in [5.74, 6) is 1.19. The molecule has 2 rings (SSSR count). The van der Waals surface area contributed by atoms with E-state index in [2.05, 4.69) is 70.2 Å². The summed E-state index contributed by atoms with van der Waals surface area (Å²) in [6.45, 7) is 8.75. The average molecular weight is 267 g/mol. The van der Waals surface area contributed by atoms with Crippen LogP contribution in [0.25, 0.3) is 0 Å². The van der Waals surface area contributed by atoms with Crippen molar-refractivity contribution in [1.29, 1.82) is 0 Å². The van der Waals surface area contributed by atoms with E-state index in [1.165, 1.54) is 23.3 Å². The van der Waals surface area contributed by atoms with E-state index in [0.717, 1.165) is 12.1 Å². The van der Waals surface area contributed by atoms with Gasteiger partial charge in [0.25, 0.3) is 0 Å². The minimum absolute atomic E-state index is 0.524. The molecule has 0 spiro atoms. The lowest BCUT2D eigenvalue weighted by atomic mass is 9.88. The molecule has 0 fully saturated rings. The predicted octanol–water partition coefficient (Wildman–Crippen LogP) is 5.55. The van der Waals surface area contributed by atoms with Gasteiger partial charge in [0, 0.05) is 5.71 Å². The third-order valence-corrected chi connectivity index (χ3v) is 4.31. The Bertz CT molecular complexity index is 549. The number of rotatable bonds is 4. The molecule has 106 valence electrons. The smallest absolute Gasteiger partial charge is 0.0660 e. The second kappa shape index (κ2) is 6.69. The fourth-order valence-corrected chi connectivity index (χ4v) is 2.59. The van der Waals surface area contributed by atoms with Gasteiger partial charge in [0.1, 0.15) is 0 Å². The first-order valence-corrected chi connectivity index (χ1v) is 7.52. The van der Waals surface area contributed by atoms with Gasteiger partial charge in [0.05, 0.1) is 5.69 Å². The van der Waals surface area contributed by atoms with E-state index in [4.69, 9.17) is 4.99 Å². The maximum absolute atomic E-state index is 4.86. The maximum Gasteiger partial charge on any atom is 0.0660 e. The van der Waals surface area contributed by atoms with Crippen LogP contribution < -0.4 is 0 Å². The molecule has 0 N–H and O–H groups in total. The summed E-state index contributed by atoms with van der Waals surface area (Å²) in [5.41, 5.74) is 4.96. The van der Waals surface area contributed by atoms with Gasteiger partial charge >= 0.3 is 0 Å². The number of allylic oxidation sites excluding steroid dienone is 4. The molecule has 20 heavy (non-hydrogen) atoms. The highest BCUT2D eigenvalue weighted by atomic mass is 14.8. The van der Waals surface area contributed by atoms with Crippen LogP contribution in [0.2, 0.25) is 0 Å². The predicted molar refractivity (Wildman–Crippen MR) is 88.9 cm³/mol. The Morgan fingerprint density at radius 3 is 2.80 bits per heavy atom. The summed E-state index contributed by atoms with van der Waals surface area (Å²) in [6, 6.07) is 6.35. The summed E-state index contributed by atoms with van der Waals surface area (Å²) >= 11 is 0.